The van der Waals surface area contributed by atoms with Crippen molar-refractivity contribution in [1.82, 2.24) is 5.32 Å². The maximum atomic E-state index is 7.87. The zero-order chi connectivity index (χ0) is 19.0. The summed E-state index contributed by atoms with van der Waals surface area (Å²) >= 11 is 14.2. The van der Waals surface area contributed by atoms with E-state index < -0.39 is 0 Å². The zero-order valence-corrected chi connectivity index (χ0v) is 17.1. The van der Waals surface area contributed by atoms with Crippen molar-refractivity contribution in [2.45, 2.75) is 13.0 Å². The van der Waals surface area contributed by atoms with Gasteiger partial charge in [-0.05, 0) is 24.6 Å². The Morgan fingerprint density at radius 3 is 2.74 bits per heavy atom. The minimum atomic E-state index is 0.277. The second-order valence-electron chi connectivity index (χ2n) is 6.53. The Kier molecular flexibility index (Phi) is 5.29. The first-order valence-corrected chi connectivity index (χ1v) is 10.3. The van der Waals surface area contributed by atoms with E-state index in [1.165, 1.54) is 0 Å². The molecule has 0 amide bonds. The maximum Gasteiger partial charge on any atom is 0.229 e. The lowest BCUT2D eigenvalue weighted by molar-refractivity contribution is 0.123. The first-order chi connectivity index (χ1) is 13.1. The number of amidine groups is 1. The molecule has 1 atom stereocenters. The average Bonchev–Trinajstić information content (AvgIpc) is 3.26. The predicted molar refractivity (Wildman–Crippen MR) is 113 cm³/mol. The molecular formula is C19H18Cl2N4OS. The van der Waals surface area contributed by atoms with Crippen LogP contribution in [0.5, 0.6) is 0 Å². The normalized spacial score (nSPS) is 19.6. The molecule has 27 heavy (non-hydrogen) atoms. The van der Waals surface area contributed by atoms with Gasteiger partial charge in [-0.15, -0.1) is 11.3 Å². The minimum Gasteiger partial charge on any atom is -0.378 e. The molecule has 0 radical (unpaired) electrons. The third kappa shape index (κ3) is 3.53. The quantitative estimate of drug-likeness (QED) is 0.721. The van der Waals surface area contributed by atoms with Crippen LogP contribution in [-0.2, 0) is 4.74 Å². The Balaban J connectivity index is 1.91. The molecule has 0 saturated carbocycles. The fourth-order valence-electron chi connectivity index (χ4n) is 3.29. The molecule has 1 saturated heterocycles. The Bertz CT molecular complexity index is 944. The second-order valence-corrected chi connectivity index (χ2v) is 8.37. The number of benzene rings is 1. The third-order valence-corrected chi connectivity index (χ3v) is 6.39. The van der Waals surface area contributed by atoms with Gasteiger partial charge in [0.1, 0.15) is 5.84 Å². The predicted octanol–water partition coefficient (Wildman–Crippen LogP) is 4.85. The average molecular weight is 421 g/mol. The van der Waals surface area contributed by atoms with Crippen LogP contribution in [0.1, 0.15) is 11.8 Å². The Hall–Kier alpha value is -1.78. The lowest BCUT2D eigenvalue weighted by Crippen LogP contribution is -2.35. The van der Waals surface area contributed by atoms with Crippen molar-refractivity contribution in [3.05, 3.63) is 44.5 Å². The molecule has 1 N–H and O–H groups in total. The molecule has 1 unspecified atom stereocenters. The van der Waals surface area contributed by atoms with E-state index in [9.17, 15) is 0 Å². The molecule has 1 aromatic heterocycles. The fourth-order valence-corrected chi connectivity index (χ4v) is 5.08. The lowest BCUT2D eigenvalue weighted by Gasteiger charge is -2.28. The van der Waals surface area contributed by atoms with Crippen molar-refractivity contribution in [3.8, 4) is 11.1 Å². The Labute approximate surface area is 172 Å². The molecule has 4 rings (SSSR count). The number of halogens is 2. The van der Waals surface area contributed by atoms with Crippen LogP contribution >= 0.6 is 34.5 Å². The number of nitrogens with zero attached hydrogens (tertiary/aromatic N) is 3. The van der Waals surface area contributed by atoms with Crippen LogP contribution in [0.2, 0.25) is 10.0 Å². The zero-order valence-electron chi connectivity index (χ0n) is 14.8. The second kappa shape index (κ2) is 7.69. The van der Waals surface area contributed by atoms with Crippen molar-refractivity contribution in [2.75, 3.05) is 37.7 Å². The van der Waals surface area contributed by atoms with Crippen LogP contribution in [0.4, 0.5) is 10.7 Å². The van der Waals surface area contributed by atoms with Gasteiger partial charge in [0.05, 0.1) is 36.2 Å². The molecule has 1 aromatic carbocycles. The maximum absolute atomic E-state index is 7.87. The smallest absolute Gasteiger partial charge is 0.229 e. The van der Waals surface area contributed by atoms with E-state index in [1.54, 1.807) is 23.5 Å². The standard InChI is InChI=1S/C19H18Cl2N4OS/c1-11-10-23-18(24-11)17-15(13-4-3-12(20)9-14(13)21)16(22-2)19(27-17)25-5-7-26-8-6-25/h3-4,9,11H,5-8,10H2,1H3,(H,23,24). The van der Waals surface area contributed by atoms with Gasteiger partial charge in [-0.25, -0.2) is 4.85 Å². The highest BCUT2D eigenvalue weighted by atomic mass is 35.5. The van der Waals surface area contributed by atoms with Crippen molar-refractivity contribution in [2.24, 2.45) is 4.99 Å². The van der Waals surface area contributed by atoms with Gasteiger partial charge in [-0.3, -0.25) is 4.99 Å². The highest BCUT2D eigenvalue weighted by molar-refractivity contribution is 7.19. The molecule has 0 spiro atoms. The molecule has 2 aromatic rings. The molecule has 2 aliphatic rings. The van der Waals surface area contributed by atoms with Gasteiger partial charge in [0.2, 0.25) is 5.69 Å². The van der Waals surface area contributed by atoms with Gasteiger partial charge in [-0.2, -0.15) is 0 Å². The number of hydrogen-bond donors (Lipinski definition) is 1. The molecule has 5 nitrogen and oxygen atoms in total. The van der Waals surface area contributed by atoms with Gasteiger partial charge in [-0.1, -0.05) is 29.3 Å². The number of rotatable bonds is 3. The molecular weight excluding hydrogens is 403 g/mol. The van der Waals surface area contributed by atoms with Crippen LogP contribution in [0.3, 0.4) is 0 Å². The first-order valence-electron chi connectivity index (χ1n) is 8.72. The fraction of sp³-hybridized carbons (Fsp3) is 0.368. The highest BCUT2D eigenvalue weighted by Gasteiger charge is 2.29. The summed E-state index contributed by atoms with van der Waals surface area (Å²) < 4.78 is 5.48. The summed E-state index contributed by atoms with van der Waals surface area (Å²) in [6, 6.07) is 5.68. The van der Waals surface area contributed by atoms with Gasteiger partial charge < -0.3 is 15.0 Å². The number of hydrogen-bond acceptors (Lipinski definition) is 5. The summed E-state index contributed by atoms with van der Waals surface area (Å²) in [5, 5.41) is 5.48. The van der Waals surface area contributed by atoms with Crippen LogP contribution in [0.25, 0.3) is 16.0 Å². The molecule has 3 heterocycles. The topological polar surface area (TPSA) is 41.2 Å². The SMILES string of the molecule is [C-]#[N+]c1c(N2CCOCC2)sc(C2=NCC(C)N2)c1-c1ccc(Cl)cc1Cl. The highest BCUT2D eigenvalue weighted by Crippen LogP contribution is 2.50. The summed E-state index contributed by atoms with van der Waals surface area (Å²) in [6.07, 6.45) is 0. The molecule has 0 aliphatic carbocycles. The number of ether oxygens (including phenoxy) is 1. The summed E-state index contributed by atoms with van der Waals surface area (Å²) in [5.74, 6) is 0.831. The van der Waals surface area contributed by atoms with Gasteiger partial charge in [0.25, 0.3) is 0 Å². The van der Waals surface area contributed by atoms with Crippen LogP contribution < -0.4 is 10.2 Å². The molecule has 140 valence electrons. The number of thiophene rings is 1. The van der Waals surface area contributed by atoms with Crippen LogP contribution in [0, 0.1) is 6.57 Å². The summed E-state index contributed by atoms with van der Waals surface area (Å²) in [4.78, 5) is 11.7. The molecule has 0 bridgehead atoms. The monoisotopic (exact) mass is 420 g/mol. The van der Waals surface area contributed by atoms with Crippen molar-refractivity contribution < 1.29 is 4.74 Å². The first kappa shape index (κ1) is 18.6. The van der Waals surface area contributed by atoms with Crippen molar-refractivity contribution >= 4 is 51.1 Å². The van der Waals surface area contributed by atoms with Crippen LogP contribution in [-0.4, -0.2) is 44.7 Å². The van der Waals surface area contributed by atoms with E-state index in [0.717, 1.165) is 46.5 Å². The Morgan fingerprint density at radius 2 is 2.11 bits per heavy atom. The third-order valence-electron chi connectivity index (χ3n) is 4.60. The van der Waals surface area contributed by atoms with E-state index in [0.29, 0.717) is 28.9 Å². The van der Waals surface area contributed by atoms with Gasteiger partial charge >= 0.3 is 0 Å². The molecule has 8 heteroatoms. The van der Waals surface area contributed by atoms with E-state index in [2.05, 4.69) is 27.0 Å². The number of aliphatic imine (C=N–C) groups is 1. The summed E-state index contributed by atoms with van der Waals surface area (Å²) in [5.41, 5.74) is 2.26. The minimum absolute atomic E-state index is 0.277. The van der Waals surface area contributed by atoms with Crippen molar-refractivity contribution in [3.63, 3.8) is 0 Å². The Morgan fingerprint density at radius 1 is 1.33 bits per heavy atom. The van der Waals surface area contributed by atoms with E-state index >= 15 is 0 Å². The van der Waals surface area contributed by atoms with E-state index in [4.69, 9.17) is 34.5 Å². The van der Waals surface area contributed by atoms with Gasteiger partial charge in [0, 0.05) is 34.7 Å². The molecule has 1 fully saturated rings. The lowest BCUT2D eigenvalue weighted by atomic mass is 10.0. The summed E-state index contributed by atoms with van der Waals surface area (Å²) in [7, 11) is 0. The largest absolute Gasteiger partial charge is 0.378 e. The van der Waals surface area contributed by atoms with E-state index in [-0.39, 0.29) is 6.04 Å². The number of morpholine rings is 1. The number of nitrogens with one attached hydrogen (secondary N) is 1. The van der Waals surface area contributed by atoms with Crippen LogP contribution in [0.15, 0.2) is 23.2 Å². The van der Waals surface area contributed by atoms with E-state index in [1.807, 2.05) is 6.07 Å². The number of anilines is 1. The van der Waals surface area contributed by atoms with Gasteiger partial charge in [0.15, 0.2) is 0 Å². The summed E-state index contributed by atoms with van der Waals surface area (Å²) in [6.45, 7) is 13.6. The molecule has 2 aliphatic heterocycles. The van der Waals surface area contributed by atoms with Crippen molar-refractivity contribution in [1.29, 1.82) is 0 Å².